The number of carbonyl (C=O) groups is 1. The van der Waals surface area contributed by atoms with Crippen LogP contribution in [0.15, 0.2) is 0 Å². The predicted octanol–water partition coefficient (Wildman–Crippen LogP) is -4.58. The maximum Gasteiger partial charge on any atom is 0.220 e. The molecule has 0 aromatic heterocycles. The van der Waals surface area contributed by atoms with Crippen molar-refractivity contribution in [3.05, 3.63) is 0 Å². The van der Waals surface area contributed by atoms with E-state index in [1.165, 1.54) is 6.92 Å². The van der Waals surface area contributed by atoms with Crippen molar-refractivity contribution in [3.8, 4) is 0 Å². The van der Waals surface area contributed by atoms with Gasteiger partial charge in [0.1, 0.15) is 54.9 Å². The molecule has 0 aliphatic carbocycles. The summed E-state index contributed by atoms with van der Waals surface area (Å²) in [7, 11) is 0. The highest BCUT2D eigenvalue weighted by Gasteiger charge is 2.50. The fraction of sp³-hybridized carbons (Fsp3) is 0.957. The fourth-order valence-corrected chi connectivity index (χ4v) is 4.73. The van der Waals surface area contributed by atoms with Crippen LogP contribution in [-0.4, -0.2) is 148 Å². The summed E-state index contributed by atoms with van der Waals surface area (Å²) >= 11 is 0. The smallest absolute Gasteiger partial charge is 0.220 e. The van der Waals surface area contributed by atoms with Crippen LogP contribution < -0.4 is 11.1 Å². The van der Waals surface area contributed by atoms with Crippen LogP contribution >= 0.6 is 0 Å². The van der Waals surface area contributed by atoms with E-state index in [2.05, 4.69) is 5.32 Å². The molecule has 3 rings (SSSR count). The van der Waals surface area contributed by atoms with Crippen molar-refractivity contribution in [1.82, 2.24) is 5.32 Å². The highest BCUT2D eigenvalue weighted by Crippen LogP contribution is 2.30. The van der Waals surface area contributed by atoms with Crippen LogP contribution in [0.2, 0.25) is 0 Å². The summed E-state index contributed by atoms with van der Waals surface area (Å²) in [5, 5.41) is 74.2. The van der Waals surface area contributed by atoms with Crippen LogP contribution in [0, 0.1) is 0 Å². The number of unbranched alkanes of at least 4 members (excludes halogenated alkanes) is 2. The first-order valence-electron chi connectivity index (χ1n) is 13.0. The number of nitrogens with one attached hydrogen (secondary N) is 1. The Balaban J connectivity index is 1.58. The van der Waals surface area contributed by atoms with Crippen molar-refractivity contribution in [2.24, 2.45) is 5.73 Å². The first-order valence-corrected chi connectivity index (χ1v) is 13.0. The first kappa shape index (κ1) is 31.5. The molecule has 15 nitrogen and oxygen atoms in total. The van der Waals surface area contributed by atoms with Gasteiger partial charge in [0.2, 0.25) is 5.91 Å². The summed E-state index contributed by atoms with van der Waals surface area (Å²) in [6.07, 6.45) is -13.5. The zero-order valence-electron chi connectivity index (χ0n) is 21.3. The van der Waals surface area contributed by atoms with Gasteiger partial charge in [-0.25, -0.2) is 0 Å². The van der Waals surface area contributed by atoms with Crippen molar-refractivity contribution in [1.29, 1.82) is 0 Å². The number of hydrogen-bond acceptors (Lipinski definition) is 14. The second kappa shape index (κ2) is 14.5. The SMILES string of the molecule is C[C@H]1O[C@@H](OC2CO[C@H](CO)[C@H](NC(=O)CCCCCN)C2O)C(O)C(O)[C@H]1O[C@@H]1OC[C@@H](O)C(O)C1O. The molecule has 0 saturated carbocycles. The van der Waals surface area contributed by atoms with Crippen LogP contribution in [0.1, 0.15) is 32.6 Å². The van der Waals surface area contributed by atoms with E-state index < -0.39 is 86.3 Å². The molecule has 0 spiro atoms. The number of amides is 1. The zero-order chi connectivity index (χ0) is 28.0. The van der Waals surface area contributed by atoms with Gasteiger partial charge in [0.15, 0.2) is 12.6 Å². The third kappa shape index (κ3) is 7.57. The minimum atomic E-state index is -1.66. The molecule has 0 aromatic rings. The van der Waals surface area contributed by atoms with Gasteiger partial charge in [-0.2, -0.15) is 0 Å². The molecule has 3 aliphatic heterocycles. The minimum absolute atomic E-state index is 0.186. The molecule has 38 heavy (non-hydrogen) atoms. The average molecular weight is 555 g/mol. The van der Waals surface area contributed by atoms with Crippen LogP contribution in [0.4, 0.5) is 0 Å². The Kier molecular flexibility index (Phi) is 12.0. The number of aliphatic hydroxyl groups is 7. The lowest BCUT2D eigenvalue weighted by Crippen LogP contribution is -2.65. The summed E-state index contributed by atoms with van der Waals surface area (Å²) in [6.45, 7) is 1.09. The molecule has 3 aliphatic rings. The Hall–Kier alpha value is -1.05. The monoisotopic (exact) mass is 554 g/mol. The van der Waals surface area contributed by atoms with E-state index in [0.29, 0.717) is 13.0 Å². The van der Waals surface area contributed by atoms with Crippen LogP contribution in [-0.2, 0) is 28.5 Å². The number of rotatable bonds is 11. The van der Waals surface area contributed by atoms with Gasteiger partial charge in [0, 0.05) is 6.42 Å². The Morgan fingerprint density at radius 3 is 2.29 bits per heavy atom. The molecule has 0 radical (unpaired) electrons. The van der Waals surface area contributed by atoms with Gasteiger partial charge in [0.25, 0.3) is 0 Å². The van der Waals surface area contributed by atoms with Crippen LogP contribution in [0.25, 0.3) is 0 Å². The third-order valence-electron chi connectivity index (χ3n) is 7.07. The minimum Gasteiger partial charge on any atom is -0.394 e. The molecule has 222 valence electrons. The molecule has 15 heteroatoms. The van der Waals surface area contributed by atoms with E-state index in [9.17, 15) is 40.5 Å². The van der Waals surface area contributed by atoms with Gasteiger partial charge in [0.05, 0.1) is 32.0 Å². The largest absolute Gasteiger partial charge is 0.394 e. The molecule has 13 atom stereocenters. The summed E-state index contributed by atoms with van der Waals surface area (Å²) in [5.41, 5.74) is 5.46. The van der Waals surface area contributed by atoms with Gasteiger partial charge in [-0.15, -0.1) is 0 Å². The highest BCUT2D eigenvalue weighted by atomic mass is 16.7. The number of ether oxygens (including phenoxy) is 5. The summed E-state index contributed by atoms with van der Waals surface area (Å²) in [6, 6.07) is -0.994. The molecule has 1 amide bonds. The van der Waals surface area contributed by atoms with Gasteiger partial charge in [-0.3, -0.25) is 4.79 Å². The topological polar surface area (TPSA) is 243 Å². The Labute approximate surface area is 220 Å². The molecule has 6 unspecified atom stereocenters. The number of nitrogens with two attached hydrogens (primary N) is 1. The normalized spacial score (nSPS) is 44.1. The van der Waals surface area contributed by atoms with E-state index in [1.54, 1.807) is 0 Å². The highest BCUT2D eigenvalue weighted by molar-refractivity contribution is 5.76. The Bertz CT molecular complexity index is 735. The van der Waals surface area contributed by atoms with Gasteiger partial charge in [-0.05, 0) is 26.3 Å². The Morgan fingerprint density at radius 2 is 1.61 bits per heavy atom. The first-order chi connectivity index (χ1) is 18.1. The second-order valence-corrected chi connectivity index (χ2v) is 9.95. The summed E-state index contributed by atoms with van der Waals surface area (Å²) in [4.78, 5) is 12.4. The van der Waals surface area contributed by atoms with E-state index in [1.807, 2.05) is 0 Å². The lowest BCUT2D eigenvalue weighted by molar-refractivity contribution is -0.354. The summed E-state index contributed by atoms with van der Waals surface area (Å²) in [5.74, 6) is -0.337. The van der Waals surface area contributed by atoms with E-state index in [4.69, 9.17) is 29.4 Å². The standard InChI is InChI=1S/C23H42N2O13/c1-10-21(38-22-19(32)16(29)11(27)8-35-22)18(31)20(33)23(36-10)37-13-9-34-12(7-26)15(17(13)30)25-14(28)5-3-2-4-6-24/h10-13,15-23,26-27,29-33H,2-9,24H2,1H3,(H,25,28)/t10-,11-,12-,13?,15+,16?,17?,18?,19?,20?,21+,22+,23+/m1/s1. The lowest BCUT2D eigenvalue weighted by atomic mass is 9.96. The molecule has 0 bridgehead atoms. The number of hydrogen-bond donors (Lipinski definition) is 9. The lowest BCUT2D eigenvalue weighted by Gasteiger charge is -2.46. The van der Waals surface area contributed by atoms with Crippen molar-refractivity contribution in [2.75, 3.05) is 26.4 Å². The number of aliphatic hydroxyl groups excluding tert-OH is 7. The van der Waals surface area contributed by atoms with E-state index in [-0.39, 0.29) is 25.5 Å². The molecule has 3 saturated heterocycles. The van der Waals surface area contributed by atoms with Gasteiger partial charge >= 0.3 is 0 Å². The van der Waals surface area contributed by atoms with Crippen molar-refractivity contribution in [2.45, 2.75) is 112 Å². The van der Waals surface area contributed by atoms with Gasteiger partial charge < -0.3 is 70.5 Å². The predicted molar refractivity (Wildman–Crippen MR) is 126 cm³/mol. The third-order valence-corrected chi connectivity index (χ3v) is 7.07. The molecule has 10 N–H and O–H groups in total. The van der Waals surface area contributed by atoms with E-state index >= 15 is 0 Å². The van der Waals surface area contributed by atoms with Crippen molar-refractivity contribution in [3.63, 3.8) is 0 Å². The van der Waals surface area contributed by atoms with Crippen molar-refractivity contribution < 1.29 is 64.2 Å². The zero-order valence-corrected chi connectivity index (χ0v) is 21.3. The molecular formula is C23H42N2O13. The van der Waals surface area contributed by atoms with Crippen molar-refractivity contribution >= 4 is 5.91 Å². The van der Waals surface area contributed by atoms with Crippen LogP contribution in [0.3, 0.4) is 0 Å². The second-order valence-electron chi connectivity index (χ2n) is 9.95. The average Bonchev–Trinajstić information content (AvgIpc) is 2.89. The molecular weight excluding hydrogens is 512 g/mol. The molecule has 0 aromatic carbocycles. The van der Waals surface area contributed by atoms with E-state index in [0.717, 1.165) is 12.8 Å². The molecule has 3 fully saturated rings. The fourth-order valence-electron chi connectivity index (χ4n) is 4.73. The maximum absolute atomic E-state index is 12.4. The number of carbonyl (C=O) groups excluding carboxylic acids is 1. The van der Waals surface area contributed by atoms with Crippen LogP contribution in [0.5, 0.6) is 0 Å². The Morgan fingerprint density at radius 1 is 0.895 bits per heavy atom. The summed E-state index contributed by atoms with van der Waals surface area (Å²) < 4.78 is 27.8. The molecule has 3 heterocycles. The quantitative estimate of drug-likeness (QED) is 0.109. The maximum atomic E-state index is 12.4. The van der Waals surface area contributed by atoms with Gasteiger partial charge in [-0.1, -0.05) is 6.42 Å².